The molecule has 0 heterocycles. The zero-order valence-electron chi connectivity index (χ0n) is 8.96. The Hall–Kier alpha value is -0.180. The van der Waals surface area contributed by atoms with Crippen LogP contribution < -0.4 is 0 Å². The summed E-state index contributed by atoms with van der Waals surface area (Å²) in [5, 5.41) is 9.49. The summed E-state index contributed by atoms with van der Waals surface area (Å²) < 4.78 is 0. The van der Waals surface area contributed by atoms with Gasteiger partial charge in [0.2, 0.25) is 0 Å². The lowest BCUT2D eigenvalue weighted by Gasteiger charge is -2.18. The van der Waals surface area contributed by atoms with Crippen molar-refractivity contribution in [3.05, 3.63) is 0 Å². The van der Waals surface area contributed by atoms with Crippen LogP contribution in [0.2, 0.25) is 0 Å². The maximum Gasteiger partial charge on any atom is 0.309 e. The van der Waals surface area contributed by atoms with Crippen molar-refractivity contribution in [2.45, 2.75) is 45.8 Å². The van der Waals surface area contributed by atoms with E-state index in [0.29, 0.717) is 5.25 Å². The molecule has 0 unspecified atom stereocenters. The van der Waals surface area contributed by atoms with Gasteiger partial charge in [0, 0.05) is 0 Å². The molecule has 0 aliphatic heterocycles. The van der Waals surface area contributed by atoms with Gasteiger partial charge in [-0.25, -0.2) is 0 Å². The standard InChI is InChI=1S/C10H20O2S/c1-8(2)13-7-5-6-10(3,4)9(11)12/h8H,5-7H2,1-4H3,(H,11,12). The molecule has 0 rings (SSSR count). The van der Waals surface area contributed by atoms with E-state index in [9.17, 15) is 4.79 Å². The van der Waals surface area contributed by atoms with E-state index in [-0.39, 0.29) is 0 Å². The van der Waals surface area contributed by atoms with Crippen molar-refractivity contribution in [1.82, 2.24) is 0 Å². The molecular formula is C10H20O2S. The SMILES string of the molecule is CC(C)SCCCC(C)(C)C(=O)O. The van der Waals surface area contributed by atoms with Crippen molar-refractivity contribution in [2.24, 2.45) is 5.41 Å². The lowest BCUT2D eigenvalue weighted by molar-refractivity contribution is -0.147. The third kappa shape index (κ3) is 5.97. The van der Waals surface area contributed by atoms with Crippen LogP contribution in [0.4, 0.5) is 0 Å². The minimum atomic E-state index is -0.693. The van der Waals surface area contributed by atoms with Gasteiger partial charge in [0.1, 0.15) is 0 Å². The van der Waals surface area contributed by atoms with Gasteiger partial charge < -0.3 is 5.11 Å². The van der Waals surface area contributed by atoms with Gasteiger partial charge in [0.05, 0.1) is 5.41 Å². The van der Waals surface area contributed by atoms with Crippen molar-refractivity contribution in [1.29, 1.82) is 0 Å². The van der Waals surface area contributed by atoms with Crippen LogP contribution in [0.15, 0.2) is 0 Å². The number of carboxylic acids is 1. The molecular weight excluding hydrogens is 184 g/mol. The summed E-state index contributed by atoms with van der Waals surface area (Å²) in [4.78, 5) is 10.7. The normalized spacial score (nSPS) is 12.1. The molecule has 0 spiro atoms. The van der Waals surface area contributed by atoms with Crippen LogP contribution in [0, 0.1) is 5.41 Å². The van der Waals surface area contributed by atoms with E-state index in [4.69, 9.17) is 5.11 Å². The summed E-state index contributed by atoms with van der Waals surface area (Å²) in [7, 11) is 0. The van der Waals surface area contributed by atoms with Crippen LogP contribution in [0.1, 0.15) is 40.5 Å². The Bertz CT molecular complexity index is 164. The van der Waals surface area contributed by atoms with Gasteiger partial charge in [-0.05, 0) is 37.7 Å². The molecule has 0 aromatic rings. The third-order valence-electron chi connectivity index (χ3n) is 1.98. The molecule has 0 bridgehead atoms. The molecule has 0 saturated heterocycles. The van der Waals surface area contributed by atoms with E-state index in [1.165, 1.54) is 0 Å². The van der Waals surface area contributed by atoms with Gasteiger partial charge >= 0.3 is 5.97 Å². The molecule has 1 N–H and O–H groups in total. The number of hydrogen-bond donors (Lipinski definition) is 1. The summed E-state index contributed by atoms with van der Waals surface area (Å²) in [6.45, 7) is 7.89. The minimum Gasteiger partial charge on any atom is -0.481 e. The number of hydrogen-bond acceptors (Lipinski definition) is 2. The molecule has 0 aliphatic rings. The lowest BCUT2D eigenvalue weighted by Crippen LogP contribution is -2.23. The van der Waals surface area contributed by atoms with Crippen molar-refractivity contribution in [2.75, 3.05) is 5.75 Å². The number of carboxylic acid groups (broad SMARTS) is 1. The molecule has 0 aliphatic carbocycles. The fourth-order valence-corrected chi connectivity index (χ4v) is 1.72. The van der Waals surface area contributed by atoms with Gasteiger partial charge in [-0.15, -0.1) is 0 Å². The highest BCUT2D eigenvalue weighted by atomic mass is 32.2. The van der Waals surface area contributed by atoms with Gasteiger partial charge in [-0.3, -0.25) is 4.79 Å². The average Bonchev–Trinajstić information content (AvgIpc) is 1.97. The van der Waals surface area contributed by atoms with Crippen LogP contribution in [0.5, 0.6) is 0 Å². The lowest BCUT2D eigenvalue weighted by atomic mass is 9.88. The van der Waals surface area contributed by atoms with Crippen LogP contribution in [-0.4, -0.2) is 22.1 Å². The zero-order chi connectivity index (χ0) is 10.5. The summed E-state index contributed by atoms with van der Waals surface area (Å²) in [6, 6.07) is 0. The first-order valence-electron chi connectivity index (χ1n) is 4.71. The summed E-state index contributed by atoms with van der Waals surface area (Å²) in [5.74, 6) is 0.371. The Labute approximate surface area is 85.1 Å². The van der Waals surface area contributed by atoms with Gasteiger partial charge in [-0.1, -0.05) is 13.8 Å². The second-order valence-corrected chi connectivity index (χ2v) is 5.90. The Morgan fingerprint density at radius 3 is 2.38 bits per heavy atom. The van der Waals surface area contributed by atoms with Crippen molar-refractivity contribution in [3.8, 4) is 0 Å². The molecule has 0 amide bonds. The molecule has 0 aromatic heterocycles. The molecule has 2 nitrogen and oxygen atoms in total. The Kier molecular flexibility index (Phi) is 5.45. The molecule has 0 atom stereocenters. The fraction of sp³-hybridized carbons (Fsp3) is 0.900. The minimum absolute atomic E-state index is 0.558. The van der Waals surface area contributed by atoms with Gasteiger partial charge in [0.15, 0.2) is 0 Å². The molecule has 13 heavy (non-hydrogen) atoms. The third-order valence-corrected chi connectivity index (χ3v) is 3.17. The molecule has 0 aromatic carbocycles. The van der Waals surface area contributed by atoms with Crippen LogP contribution >= 0.6 is 11.8 Å². The van der Waals surface area contributed by atoms with Gasteiger partial charge in [-0.2, -0.15) is 11.8 Å². The molecule has 78 valence electrons. The van der Waals surface area contributed by atoms with E-state index in [0.717, 1.165) is 18.6 Å². The number of carbonyl (C=O) groups is 1. The number of aliphatic carboxylic acids is 1. The highest BCUT2D eigenvalue weighted by Gasteiger charge is 2.25. The van der Waals surface area contributed by atoms with E-state index in [2.05, 4.69) is 13.8 Å². The second-order valence-electron chi connectivity index (χ2n) is 4.21. The van der Waals surface area contributed by atoms with Crippen LogP contribution in [-0.2, 0) is 4.79 Å². The maximum atomic E-state index is 10.7. The maximum absolute atomic E-state index is 10.7. The van der Waals surface area contributed by atoms with E-state index in [1.54, 1.807) is 13.8 Å². The first kappa shape index (κ1) is 12.8. The summed E-state index contributed by atoms with van der Waals surface area (Å²) in [6.07, 6.45) is 1.75. The second kappa shape index (κ2) is 5.53. The van der Waals surface area contributed by atoms with Gasteiger partial charge in [0.25, 0.3) is 0 Å². The Morgan fingerprint density at radius 1 is 1.46 bits per heavy atom. The largest absolute Gasteiger partial charge is 0.481 e. The number of thioether (sulfide) groups is 1. The summed E-state index contributed by atoms with van der Waals surface area (Å²) in [5.41, 5.74) is -0.558. The molecule has 0 saturated carbocycles. The number of rotatable bonds is 6. The summed E-state index contributed by atoms with van der Waals surface area (Å²) >= 11 is 1.89. The zero-order valence-corrected chi connectivity index (χ0v) is 9.78. The van der Waals surface area contributed by atoms with Crippen LogP contribution in [0.25, 0.3) is 0 Å². The first-order valence-corrected chi connectivity index (χ1v) is 5.76. The van der Waals surface area contributed by atoms with Crippen molar-refractivity contribution >= 4 is 17.7 Å². The van der Waals surface area contributed by atoms with Crippen molar-refractivity contribution in [3.63, 3.8) is 0 Å². The highest BCUT2D eigenvalue weighted by molar-refractivity contribution is 7.99. The topological polar surface area (TPSA) is 37.3 Å². The monoisotopic (exact) mass is 204 g/mol. The fourth-order valence-electron chi connectivity index (χ4n) is 0.940. The molecule has 0 radical (unpaired) electrons. The predicted molar refractivity (Wildman–Crippen MR) is 58.2 cm³/mol. The molecule has 3 heteroatoms. The predicted octanol–water partition coefficient (Wildman–Crippen LogP) is 3.02. The van der Waals surface area contributed by atoms with Crippen molar-refractivity contribution < 1.29 is 9.90 Å². The van der Waals surface area contributed by atoms with E-state index < -0.39 is 11.4 Å². The van der Waals surface area contributed by atoms with E-state index >= 15 is 0 Å². The smallest absolute Gasteiger partial charge is 0.309 e. The quantitative estimate of drug-likeness (QED) is 0.676. The van der Waals surface area contributed by atoms with E-state index in [1.807, 2.05) is 11.8 Å². The average molecular weight is 204 g/mol. The highest BCUT2D eigenvalue weighted by Crippen LogP contribution is 2.24. The first-order chi connectivity index (χ1) is 5.86. The Morgan fingerprint density at radius 2 is 2.00 bits per heavy atom. The van der Waals surface area contributed by atoms with Crippen LogP contribution in [0.3, 0.4) is 0 Å². The Balaban J connectivity index is 3.58. The molecule has 0 fully saturated rings.